The fourth-order valence-electron chi connectivity index (χ4n) is 1.90. The smallest absolute Gasteiger partial charge is 0.150 e. The van der Waals surface area contributed by atoms with Crippen LogP contribution in [-0.2, 0) is 6.54 Å². The topological polar surface area (TPSA) is 68.8 Å². The van der Waals surface area contributed by atoms with Gasteiger partial charge in [-0.2, -0.15) is 0 Å². The van der Waals surface area contributed by atoms with Crippen molar-refractivity contribution >= 4 is 17.0 Å². The number of imidazole rings is 1. The first-order valence-corrected chi connectivity index (χ1v) is 6.71. The minimum Gasteiger partial charge on any atom is -0.324 e. The number of hydrazine groups is 1. The van der Waals surface area contributed by atoms with Crippen LogP contribution in [0.3, 0.4) is 0 Å². The standard InChI is InChI=1S/C13H13N5S/c14-17-10-3-4-15-11(8-10)9-18-6-5-16-13(18)12-2-1-7-19-12/h1-8H,9,14H2,(H,15,17). The maximum Gasteiger partial charge on any atom is 0.150 e. The van der Waals surface area contributed by atoms with Gasteiger partial charge in [-0.1, -0.05) is 6.07 Å². The average Bonchev–Trinajstić information content (AvgIpc) is 3.09. The zero-order valence-electron chi connectivity index (χ0n) is 10.2. The molecule has 3 N–H and O–H groups in total. The van der Waals surface area contributed by atoms with Gasteiger partial charge in [0.1, 0.15) is 5.82 Å². The van der Waals surface area contributed by atoms with Crippen LogP contribution in [0.5, 0.6) is 0 Å². The van der Waals surface area contributed by atoms with Gasteiger partial charge in [0, 0.05) is 18.6 Å². The molecule has 0 fully saturated rings. The third-order valence-corrected chi connectivity index (χ3v) is 3.64. The van der Waals surface area contributed by atoms with E-state index in [4.69, 9.17) is 5.84 Å². The van der Waals surface area contributed by atoms with Crippen molar-refractivity contribution in [2.45, 2.75) is 6.54 Å². The van der Waals surface area contributed by atoms with Crippen molar-refractivity contribution in [2.24, 2.45) is 5.84 Å². The summed E-state index contributed by atoms with van der Waals surface area (Å²) < 4.78 is 2.08. The Kier molecular flexibility index (Phi) is 3.26. The fourth-order valence-corrected chi connectivity index (χ4v) is 2.63. The summed E-state index contributed by atoms with van der Waals surface area (Å²) in [5.41, 5.74) is 4.41. The molecule has 0 aromatic carbocycles. The molecule has 0 amide bonds. The Hall–Kier alpha value is -2.18. The highest BCUT2D eigenvalue weighted by Gasteiger charge is 2.07. The molecule has 3 aromatic rings. The van der Waals surface area contributed by atoms with Crippen molar-refractivity contribution < 1.29 is 0 Å². The van der Waals surface area contributed by atoms with Gasteiger partial charge in [-0.05, 0) is 23.6 Å². The van der Waals surface area contributed by atoms with E-state index in [0.717, 1.165) is 22.1 Å². The van der Waals surface area contributed by atoms with Gasteiger partial charge in [0.2, 0.25) is 0 Å². The number of nitrogen functional groups attached to an aromatic ring is 1. The maximum atomic E-state index is 5.40. The quantitative estimate of drug-likeness (QED) is 0.564. The lowest BCUT2D eigenvalue weighted by Gasteiger charge is -2.07. The van der Waals surface area contributed by atoms with E-state index in [1.54, 1.807) is 23.7 Å². The van der Waals surface area contributed by atoms with Crippen molar-refractivity contribution in [2.75, 3.05) is 5.43 Å². The SMILES string of the molecule is NNc1ccnc(Cn2ccnc2-c2cccs2)c1. The molecule has 5 nitrogen and oxygen atoms in total. The van der Waals surface area contributed by atoms with E-state index < -0.39 is 0 Å². The molecule has 0 aliphatic heterocycles. The Bertz CT molecular complexity index is 659. The Morgan fingerprint density at radius 2 is 2.21 bits per heavy atom. The summed E-state index contributed by atoms with van der Waals surface area (Å²) in [6.07, 6.45) is 5.51. The molecule has 0 aliphatic carbocycles. The van der Waals surface area contributed by atoms with E-state index in [2.05, 4.69) is 26.0 Å². The first kappa shape index (κ1) is 11.9. The molecule has 0 aliphatic rings. The van der Waals surface area contributed by atoms with Crippen molar-refractivity contribution in [3.63, 3.8) is 0 Å². The second-order valence-electron chi connectivity index (χ2n) is 4.04. The molecule has 19 heavy (non-hydrogen) atoms. The van der Waals surface area contributed by atoms with Crippen molar-refractivity contribution in [3.05, 3.63) is 53.9 Å². The summed E-state index contributed by atoms with van der Waals surface area (Å²) in [6, 6.07) is 7.85. The Morgan fingerprint density at radius 3 is 3.00 bits per heavy atom. The number of thiophene rings is 1. The number of hydrogen-bond acceptors (Lipinski definition) is 5. The number of pyridine rings is 1. The van der Waals surface area contributed by atoms with Crippen LogP contribution in [0.4, 0.5) is 5.69 Å². The number of rotatable bonds is 4. The molecule has 3 heterocycles. The van der Waals surface area contributed by atoms with Crippen LogP contribution < -0.4 is 11.3 Å². The predicted molar refractivity (Wildman–Crippen MR) is 76.7 cm³/mol. The van der Waals surface area contributed by atoms with E-state index in [1.165, 1.54) is 0 Å². The van der Waals surface area contributed by atoms with Crippen LogP contribution in [-0.4, -0.2) is 14.5 Å². The summed E-state index contributed by atoms with van der Waals surface area (Å²) in [7, 11) is 0. The van der Waals surface area contributed by atoms with Crippen LogP contribution in [0.25, 0.3) is 10.7 Å². The Labute approximate surface area is 114 Å². The van der Waals surface area contributed by atoms with Gasteiger partial charge in [-0.25, -0.2) is 4.98 Å². The highest BCUT2D eigenvalue weighted by atomic mass is 32.1. The first-order valence-electron chi connectivity index (χ1n) is 5.83. The van der Waals surface area contributed by atoms with E-state index >= 15 is 0 Å². The summed E-state index contributed by atoms with van der Waals surface area (Å²) in [4.78, 5) is 9.90. The number of nitrogens with one attached hydrogen (secondary N) is 1. The molecule has 96 valence electrons. The van der Waals surface area contributed by atoms with Crippen LogP contribution in [0.15, 0.2) is 48.2 Å². The van der Waals surface area contributed by atoms with Crippen LogP contribution in [0.2, 0.25) is 0 Å². The molecule has 0 bridgehead atoms. The van der Waals surface area contributed by atoms with Gasteiger partial charge in [0.25, 0.3) is 0 Å². The largest absolute Gasteiger partial charge is 0.324 e. The van der Waals surface area contributed by atoms with Gasteiger partial charge in [0.05, 0.1) is 22.8 Å². The molecular formula is C13H13N5S. The lowest BCUT2D eigenvalue weighted by Crippen LogP contribution is -2.08. The normalized spacial score (nSPS) is 10.6. The summed E-state index contributed by atoms with van der Waals surface area (Å²) >= 11 is 1.68. The monoisotopic (exact) mass is 271 g/mol. The molecule has 0 radical (unpaired) electrons. The second-order valence-corrected chi connectivity index (χ2v) is 4.98. The number of anilines is 1. The molecule has 3 aromatic heterocycles. The lowest BCUT2D eigenvalue weighted by molar-refractivity contribution is 0.783. The van der Waals surface area contributed by atoms with Gasteiger partial charge >= 0.3 is 0 Å². The number of nitrogens with two attached hydrogens (primary N) is 1. The summed E-state index contributed by atoms with van der Waals surface area (Å²) in [6.45, 7) is 0.669. The fraction of sp³-hybridized carbons (Fsp3) is 0.0769. The van der Waals surface area contributed by atoms with Gasteiger partial charge < -0.3 is 9.99 Å². The molecule has 6 heteroatoms. The van der Waals surface area contributed by atoms with Crippen molar-refractivity contribution in [1.82, 2.24) is 14.5 Å². The molecule has 3 rings (SSSR count). The molecule has 0 atom stereocenters. The second kappa shape index (κ2) is 5.21. The minimum absolute atomic E-state index is 0.669. The number of aromatic nitrogens is 3. The number of hydrogen-bond donors (Lipinski definition) is 2. The van der Waals surface area contributed by atoms with Crippen LogP contribution >= 0.6 is 11.3 Å². The van der Waals surface area contributed by atoms with Crippen LogP contribution in [0, 0.1) is 0 Å². The third kappa shape index (κ3) is 2.49. The predicted octanol–water partition coefficient (Wildman–Crippen LogP) is 2.34. The highest BCUT2D eigenvalue weighted by Crippen LogP contribution is 2.23. The summed E-state index contributed by atoms with van der Waals surface area (Å²) in [5.74, 6) is 6.36. The Morgan fingerprint density at radius 1 is 1.26 bits per heavy atom. The van der Waals surface area contributed by atoms with E-state index in [0.29, 0.717) is 6.54 Å². The third-order valence-electron chi connectivity index (χ3n) is 2.77. The summed E-state index contributed by atoms with van der Waals surface area (Å²) in [5, 5.41) is 2.05. The molecule has 0 saturated carbocycles. The lowest BCUT2D eigenvalue weighted by atomic mass is 10.3. The Balaban J connectivity index is 1.89. The van der Waals surface area contributed by atoms with Gasteiger partial charge in [-0.15, -0.1) is 11.3 Å². The van der Waals surface area contributed by atoms with Gasteiger partial charge in [0.15, 0.2) is 0 Å². The zero-order valence-corrected chi connectivity index (χ0v) is 11.0. The van der Waals surface area contributed by atoms with Crippen molar-refractivity contribution in [1.29, 1.82) is 0 Å². The minimum atomic E-state index is 0.669. The van der Waals surface area contributed by atoms with Gasteiger partial charge in [-0.3, -0.25) is 10.8 Å². The van der Waals surface area contributed by atoms with Crippen molar-refractivity contribution in [3.8, 4) is 10.7 Å². The van der Waals surface area contributed by atoms with E-state index in [1.807, 2.05) is 29.8 Å². The molecule has 0 spiro atoms. The van der Waals surface area contributed by atoms with Crippen LogP contribution in [0.1, 0.15) is 5.69 Å². The van der Waals surface area contributed by atoms with E-state index in [9.17, 15) is 0 Å². The maximum absolute atomic E-state index is 5.40. The molecule has 0 unspecified atom stereocenters. The molecular weight excluding hydrogens is 258 g/mol. The average molecular weight is 271 g/mol. The first-order chi connectivity index (χ1) is 9.36. The molecule has 0 saturated heterocycles. The highest BCUT2D eigenvalue weighted by molar-refractivity contribution is 7.13. The number of nitrogens with zero attached hydrogens (tertiary/aromatic N) is 3. The van der Waals surface area contributed by atoms with E-state index in [-0.39, 0.29) is 0 Å². The zero-order chi connectivity index (χ0) is 13.1.